The van der Waals surface area contributed by atoms with Crippen molar-refractivity contribution in [2.75, 3.05) is 6.61 Å². The first-order chi connectivity index (χ1) is 11.8. The van der Waals surface area contributed by atoms with Gasteiger partial charge in [-0.1, -0.05) is 54.6 Å². The van der Waals surface area contributed by atoms with Gasteiger partial charge in [0.05, 0.1) is 12.1 Å². The second-order valence-electron chi connectivity index (χ2n) is 5.78. The van der Waals surface area contributed by atoms with Gasteiger partial charge in [0.1, 0.15) is 5.52 Å². The molecule has 0 bridgehead atoms. The van der Waals surface area contributed by atoms with Crippen molar-refractivity contribution in [3.05, 3.63) is 65.7 Å². The highest BCUT2D eigenvalue weighted by Crippen LogP contribution is 2.32. The highest BCUT2D eigenvalue weighted by atomic mass is 16.5. The fraction of sp³-hybridized carbons (Fsp3) is 0.300. The predicted octanol–water partition coefficient (Wildman–Crippen LogP) is 4.85. The van der Waals surface area contributed by atoms with Crippen LogP contribution in [0.3, 0.4) is 0 Å². The summed E-state index contributed by atoms with van der Waals surface area (Å²) in [6, 6.07) is 18.5. The molecule has 0 N–H and O–H groups in total. The number of ether oxygens (including phenoxy) is 1. The quantitative estimate of drug-likeness (QED) is 0.609. The SMILES string of the molecule is CCOC(=C(C)C(CC)c1ccccc1)n1nnc2ccccc21. The van der Waals surface area contributed by atoms with Gasteiger partial charge in [0, 0.05) is 5.92 Å². The van der Waals surface area contributed by atoms with Crippen LogP contribution in [0.15, 0.2) is 60.2 Å². The molecule has 0 amide bonds. The minimum atomic E-state index is 0.288. The smallest absolute Gasteiger partial charge is 0.215 e. The van der Waals surface area contributed by atoms with Crippen LogP contribution >= 0.6 is 0 Å². The molecule has 4 heteroatoms. The fourth-order valence-corrected chi connectivity index (χ4v) is 3.12. The van der Waals surface area contributed by atoms with Crippen LogP contribution in [0.5, 0.6) is 0 Å². The standard InChI is InChI=1S/C20H23N3O/c1-4-17(16-11-7-6-8-12-16)15(3)20(24-5-2)23-19-14-10-9-13-18(19)21-22-23/h6-14,17H,4-5H2,1-3H3. The molecular formula is C20H23N3O. The summed E-state index contributed by atoms with van der Waals surface area (Å²) in [7, 11) is 0. The molecule has 3 rings (SSSR count). The molecule has 24 heavy (non-hydrogen) atoms. The van der Waals surface area contributed by atoms with E-state index in [0.717, 1.165) is 23.3 Å². The molecule has 4 nitrogen and oxygen atoms in total. The van der Waals surface area contributed by atoms with Crippen LogP contribution in [-0.4, -0.2) is 21.6 Å². The minimum Gasteiger partial charge on any atom is -0.478 e. The van der Waals surface area contributed by atoms with E-state index in [1.54, 1.807) is 0 Å². The van der Waals surface area contributed by atoms with Gasteiger partial charge in [0.2, 0.25) is 5.88 Å². The normalized spacial score (nSPS) is 13.6. The van der Waals surface area contributed by atoms with E-state index in [4.69, 9.17) is 4.74 Å². The lowest BCUT2D eigenvalue weighted by molar-refractivity contribution is 0.268. The summed E-state index contributed by atoms with van der Waals surface area (Å²) in [5.41, 5.74) is 4.29. The van der Waals surface area contributed by atoms with Crippen molar-refractivity contribution in [3.63, 3.8) is 0 Å². The van der Waals surface area contributed by atoms with E-state index >= 15 is 0 Å². The number of aromatic nitrogens is 3. The molecule has 0 radical (unpaired) electrons. The molecule has 1 heterocycles. The molecular weight excluding hydrogens is 298 g/mol. The highest BCUT2D eigenvalue weighted by Gasteiger charge is 2.19. The van der Waals surface area contributed by atoms with Gasteiger partial charge in [-0.3, -0.25) is 0 Å². The molecule has 124 valence electrons. The third-order valence-corrected chi connectivity index (χ3v) is 4.30. The third-order valence-electron chi connectivity index (χ3n) is 4.30. The monoisotopic (exact) mass is 321 g/mol. The van der Waals surface area contributed by atoms with Gasteiger partial charge in [-0.05, 0) is 43.5 Å². The first kappa shape index (κ1) is 16.2. The summed E-state index contributed by atoms with van der Waals surface area (Å²) < 4.78 is 7.82. The number of rotatable bonds is 6. The zero-order valence-corrected chi connectivity index (χ0v) is 14.4. The van der Waals surface area contributed by atoms with Gasteiger partial charge >= 0.3 is 0 Å². The summed E-state index contributed by atoms with van der Waals surface area (Å²) in [6.45, 7) is 6.91. The number of para-hydroxylation sites is 1. The van der Waals surface area contributed by atoms with Gasteiger partial charge in [-0.25, -0.2) is 0 Å². The second kappa shape index (κ2) is 7.30. The largest absolute Gasteiger partial charge is 0.478 e. The van der Waals surface area contributed by atoms with Gasteiger partial charge in [-0.2, -0.15) is 4.68 Å². The Morgan fingerprint density at radius 1 is 1.04 bits per heavy atom. The highest BCUT2D eigenvalue weighted by molar-refractivity contribution is 5.77. The fourth-order valence-electron chi connectivity index (χ4n) is 3.12. The van der Waals surface area contributed by atoms with E-state index in [0.29, 0.717) is 6.61 Å². The van der Waals surface area contributed by atoms with Crippen LogP contribution in [-0.2, 0) is 4.74 Å². The van der Waals surface area contributed by atoms with Crippen LogP contribution in [0.1, 0.15) is 38.7 Å². The Labute approximate surface area is 142 Å². The number of hydrogen-bond donors (Lipinski definition) is 0. The first-order valence-electron chi connectivity index (χ1n) is 8.45. The Hall–Kier alpha value is -2.62. The van der Waals surface area contributed by atoms with Crippen molar-refractivity contribution in [2.24, 2.45) is 0 Å². The van der Waals surface area contributed by atoms with E-state index < -0.39 is 0 Å². The van der Waals surface area contributed by atoms with Crippen molar-refractivity contribution in [2.45, 2.75) is 33.1 Å². The molecule has 1 aromatic heterocycles. The van der Waals surface area contributed by atoms with Gasteiger partial charge in [0.15, 0.2) is 0 Å². The zero-order valence-electron chi connectivity index (χ0n) is 14.4. The van der Waals surface area contributed by atoms with Crippen molar-refractivity contribution in [1.82, 2.24) is 15.0 Å². The maximum Gasteiger partial charge on any atom is 0.215 e. The predicted molar refractivity (Wildman–Crippen MR) is 97.5 cm³/mol. The van der Waals surface area contributed by atoms with Gasteiger partial charge in [0.25, 0.3) is 0 Å². The molecule has 0 saturated heterocycles. The van der Waals surface area contributed by atoms with E-state index in [1.807, 2.05) is 41.9 Å². The lowest BCUT2D eigenvalue weighted by Crippen LogP contribution is -2.10. The number of fused-ring (bicyclic) bond motifs is 1. The topological polar surface area (TPSA) is 39.9 Å². The van der Waals surface area contributed by atoms with E-state index in [1.165, 1.54) is 11.1 Å². The Morgan fingerprint density at radius 3 is 2.46 bits per heavy atom. The van der Waals surface area contributed by atoms with E-state index in [9.17, 15) is 0 Å². The molecule has 0 saturated carbocycles. The Kier molecular flexibility index (Phi) is 4.94. The van der Waals surface area contributed by atoms with Crippen molar-refractivity contribution < 1.29 is 4.74 Å². The average Bonchev–Trinajstić information content (AvgIpc) is 3.05. The molecule has 0 aliphatic rings. The lowest BCUT2D eigenvalue weighted by atomic mass is 9.90. The molecule has 3 aromatic rings. The molecule has 0 fully saturated rings. The van der Waals surface area contributed by atoms with Crippen LogP contribution in [0.2, 0.25) is 0 Å². The number of benzene rings is 2. The zero-order chi connectivity index (χ0) is 16.9. The maximum atomic E-state index is 6.00. The number of nitrogens with zero attached hydrogens (tertiary/aromatic N) is 3. The van der Waals surface area contributed by atoms with Crippen molar-refractivity contribution in [1.29, 1.82) is 0 Å². The summed E-state index contributed by atoms with van der Waals surface area (Å²) in [6.07, 6.45) is 0.999. The van der Waals surface area contributed by atoms with E-state index in [2.05, 4.69) is 48.4 Å². The van der Waals surface area contributed by atoms with Crippen LogP contribution in [0.25, 0.3) is 16.9 Å². The Bertz CT molecular complexity index is 836. The molecule has 2 aromatic carbocycles. The molecule has 0 aliphatic heterocycles. The molecule has 0 spiro atoms. The molecule has 1 atom stereocenters. The average molecular weight is 321 g/mol. The van der Waals surface area contributed by atoms with Crippen molar-refractivity contribution >= 4 is 16.9 Å². The number of hydrogen-bond acceptors (Lipinski definition) is 3. The minimum absolute atomic E-state index is 0.288. The van der Waals surface area contributed by atoms with Gasteiger partial charge in [-0.15, -0.1) is 5.10 Å². The van der Waals surface area contributed by atoms with E-state index in [-0.39, 0.29) is 5.92 Å². The third kappa shape index (κ3) is 3.04. The Morgan fingerprint density at radius 2 is 1.75 bits per heavy atom. The second-order valence-corrected chi connectivity index (χ2v) is 5.78. The summed E-state index contributed by atoms with van der Waals surface area (Å²) in [4.78, 5) is 0. The summed E-state index contributed by atoms with van der Waals surface area (Å²) in [5, 5.41) is 8.59. The summed E-state index contributed by atoms with van der Waals surface area (Å²) in [5.74, 6) is 1.07. The molecule has 1 unspecified atom stereocenters. The number of allylic oxidation sites excluding steroid dienone is 1. The van der Waals surface area contributed by atoms with Crippen LogP contribution in [0, 0.1) is 0 Å². The van der Waals surface area contributed by atoms with Crippen LogP contribution < -0.4 is 0 Å². The van der Waals surface area contributed by atoms with Crippen molar-refractivity contribution in [3.8, 4) is 0 Å². The lowest BCUT2D eigenvalue weighted by Gasteiger charge is -2.20. The maximum absolute atomic E-state index is 6.00. The molecule has 0 aliphatic carbocycles. The first-order valence-corrected chi connectivity index (χ1v) is 8.45. The van der Waals surface area contributed by atoms with Crippen LogP contribution in [0.4, 0.5) is 0 Å². The Balaban J connectivity index is 2.13. The van der Waals surface area contributed by atoms with Gasteiger partial charge < -0.3 is 4.74 Å². The summed E-state index contributed by atoms with van der Waals surface area (Å²) >= 11 is 0.